The molecule has 2 heterocycles. The first kappa shape index (κ1) is 13.2. The number of imidazole rings is 1. The number of hydrogen-bond acceptors (Lipinski definition) is 2. The number of alkyl halides is 1. The third-order valence-electron chi connectivity index (χ3n) is 3.54. The van der Waals surface area contributed by atoms with Gasteiger partial charge in [-0.3, -0.25) is 4.68 Å². The molecular formula is C15H17ClN4. The van der Waals surface area contributed by atoms with Gasteiger partial charge in [-0.25, -0.2) is 4.98 Å². The number of rotatable bonds is 4. The van der Waals surface area contributed by atoms with Crippen LogP contribution in [0.5, 0.6) is 0 Å². The van der Waals surface area contributed by atoms with E-state index >= 15 is 0 Å². The molecule has 3 aromatic rings. The Hall–Kier alpha value is -1.81. The maximum Gasteiger partial charge on any atom is 0.111 e. The van der Waals surface area contributed by atoms with Crippen molar-refractivity contribution in [2.24, 2.45) is 7.05 Å². The zero-order chi connectivity index (χ0) is 14.1. The number of aryl methyl sites for hydroxylation is 3. The Morgan fingerprint density at radius 2 is 2.10 bits per heavy atom. The highest BCUT2D eigenvalue weighted by Crippen LogP contribution is 2.20. The SMILES string of the molecule is Cc1ccc2nc(CCCl)n(Cc3ccnn3C)c2c1. The van der Waals surface area contributed by atoms with Crippen LogP contribution in [0.4, 0.5) is 0 Å². The van der Waals surface area contributed by atoms with E-state index in [1.165, 1.54) is 5.56 Å². The molecule has 2 aromatic heterocycles. The molecule has 0 aliphatic heterocycles. The second kappa shape index (κ2) is 5.29. The molecule has 1 aromatic carbocycles. The Balaban J connectivity index is 2.12. The van der Waals surface area contributed by atoms with E-state index in [4.69, 9.17) is 16.6 Å². The van der Waals surface area contributed by atoms with Crippen LogP contribution in [-0.2, 0) is 20.0 Å². The van der Waals surface area contributed by atoms with Crippen LogP contribution in [0, 0.1) is 6.92 Å². The fourth-order valence-electron chi connectivity index (χ4n) is 2.45. The molecule has 0 radical (unpaired) electrons. The molecular weight excluding hydrogens is 272 g/mol. The van der Waals surface area contributed by atoms with Crippen LogP contribution < -0.4 is 0 Å². The van der Waals surface area contributed by atoms with Crippen LogP contribution in [0.25, 0.3) is 11.0 Å². The molecule has 3 rings (SSSR count). The lowest BCUT2D eigenvalue weighted by Crippen LogP contribution is -2.09. The predicted molar refractivity (Wildman–Crippen MR) is 81.2 cm³/mol. The van der Waals surface area contributed by atoms with E-state index in [-0.39, 0.29) is 0 Å². The monoisotopic (exact) mass is 288 g/mol. The molecule has 0 fully saturated rings. The molecule has 104 valence electrons. The first-order valence-corrected chi connectivity index (χ1v) is 7.21. The number of halogens is 1. The molecule has 0 bridgehead atoms. The van der Waals surface area contributed by atoms with Crippen LogP contribution in [0.2, 0.25) is 0 Å². The fraction of sp³-hybridized carbons (Fsp3) is 0.333. The highest BCUT2D eigenvalue weighted by Gasteiger charge is 2.12. The Kier molecular flexibility index (Phi) is 3.49. The zero-order valence-electron chi connectivity index (χ0n) is 11.7. The summed E-state index contributed by atoms with van der Waals surface area (Å²) in [5.74, 6) is 1.61. The molecule has 4 nitrogen and oxygen atoms in total. The second-order valence-electron chi connectivity index (χ2n) is 4.99. The fourth-order valence-corrected chi connectivity index (χ4v) is 2.62. The molecule has 0 aliphatic rings. The van der Waals surface area contributed by atoms with Crippen molar-refractivity contribution >= 4 is 22.6 Å². The van der Waals surface area contributed by atoms with Crippen molar-refractivity contribution in [1.82, 2.24) is 19.3 Å². The number of hydrogen-bond donors (Lipinski definition) is 0. The van der Waals surface area contributed by atoms with E-state index < -0.39 is 0 Å². The maximum absolute atomic E-state index is 5.91. The van der Waals surface area contributed by atoms with E-state index in [0.717, 1.165) is 35.5 Å². The molecule has 0 spiro atoms. The maximum atomic E-state index is 5.91. The highest BCUT2D eigenvalue weighted by molar-refractivity contribution is 6.17. The van der Waals surface area contributed by atoms with E-state index in [2.05, 4.69) is 34.8 Å². The largest absolute Gasteiger partial charge is 0.322 e. The van der Waals surface area contributed by atoms with Crippen LogP contribution in [0.3, 0.4) is 0 Å². The van der Waals surface area contributed by atoms with E-state index in [1.54, 1.807) is 0 Å². The lowest BCUT2D eigenvalue weighted by molar-refractivity contribution is 0.657. The Bertz CT molecular complexity index is 741. The average Bonchev–Trinajstić information content (AvgIpc) is 2.96. The zero-order valence-corrected chi connectivity index (χ0v) is 12.4. The van der Waals surface area contributed by atoms with Gasteiger partial charge in [0, 0.05) is 25.5 Å². The third kappa shape index (κ3) is 2.31. The molecule has 0 atom stereocenters. The lowest BCUT2D eigenvalue weighted by Gasteiger charge is -2.09. The van der Waals surface area contributed by atoms with Gasteiger partial charge in [-0.2, -0.15) is 5.10 Å². The van der Waals surface area contributed by atoms with Gasteiger partial charge in [0.05, 0.1) is 23.3 Å². The summed E-state index contributed by atoms with van der Waals surface area (Å²) in [7, 11) is 1.96. The summed E-state index contributed by atoms with van der Waals surface area (Å²) in [6, 6.07) is 8.37. The normalized spacial score (nSPS) is 11.3. The molecule has 0 unspecified atom stereocenters. The second-order valence-corrected chi connectivity index (χ2v) is 5.37. The van der Waals surface area contributed by atoms with Crippen molar-refractivity contribution < 1.29 is 0 Å². The summed E-state index contributed by atoms with van der Waals surface area (Å²) in [5.41, 5.74) is 4.58. The number of aromatic nitrogens is 4. The highest BCUT2D eigenvalue weighted by atomic mass is 35.5. The summed E-state index contributed by atoms with van der Waals surface area (Å²) in [5, 5.41) is 4.23. The summed E-state index contributed by atoms with van der Waals surface area (Å²) in [4.78, 5) is 4.70. The van der Waals surface area contributed by atoms with Gasteiger partial charge in [-0.15, -0.1) is 11.6 Å². The van der Waals surface area contributed by atoms with Gasteiger partial charge < -0.3 is 4.57 Å². The molecule has 0 N–H and O–H groups in total. The van der Waals surface area contributed by atoms with Gasteiger partial charge in [0.2, 0.25) is 0 Å². The smallest absolute Gasteiger partial charge is 0.111 e. The van der Waals surface area contributed by atoms with Crippen molar-refractivity contribution in [2.45, 2.75) is 19.9 Å². The van der Waals surface area contributed by atoms with Crippen LogP contribution in [0.15, 0.2) is 30.5 Å². The molecule has 0 saturated heterocycles. The number of benzene rings is 1. The Morgan fingerprint density at radius 1 is 1.25 bits per heavy atom. The molecule has 5 heteroatoms. The van der Waals surface area contributed by atoms with Crippen molar-refractivity contribution in [2.75, 3.05) is 5.88 Å². The quantitative estimate of drug-likeness (QED) is 0.692. The minimum absolute atomic E-state index is 0.577. The minimum Gasteiger partial charge on any atom is -0.322 e. The number of nitrogens with zero attached hydrogens (tertiary/aromatic N) is 4. The van der Waals surface area contributed by atoms with E-state index in [0.29, 0.717) is 5.88 Å². The van der Waals surface area contributed by atoms with Crippen molar-refractivity contribution in [3.8, 4) is 0 Å². The Labute approximate surface area is 123 Å². The van der Waals surface area contributed by atoms with E-state index in [9.17, 15) is 0 Å². The molecule has 0 amide bonds. The third-order valence-corrected chi connectivity index (χ3v) is 3.73. The van der Waals surface area contributed by atoms with Crippen molar-refractivity contribution in [3.63, 3.8) is 0 Å². The minimum atomic E-state index is 0.577. The predicted octanol–water partition coefficient (Wildman–Crippen LogP) is 2.91. The first-order chi connectivity index (χ1) is 9.69. The topological polar surface area (TPSA) is 35.6 Å². The standard InChI is InChI=1S/C15H17ClN4/c1-11-3-4-13-14(9-11)20(15(18-13)5-7-16)10-12-6-8-17-19(12)2/h3-4,6,8-9H,5,7,10H2,1-2H3. The summed E-state index contributed by atoms with van der Waals surface area (Å²) in [6.45, 7) is 2.87. The summed E-state index contributed by atoms with van der Waals surface area (Å²) >= 11 is 5.91. The average molecular weight is 289 g/mol. The van der Waals surface area contributed by atoms with E-state index in [1.807, 2.05) is 24.0 Å². The van der Waals surface area contributed by atoms with Crippen LogP contribution in [-0.4, -0.2) is 25.2 Å². The van der Waals surface area contributed by atoms with Gasteiger partial charge in [-0.05, 0) is 30.7 Å². The van der Waals surface area contributed by atoms with Gasteiger partial charge in [0.25, 0.3) is 0 Å². The Morgan fingerprint density at radius 3 is 2.80 bits per heavy atom. The van der Waals surface area contributed by atoms with Gasteiger partial charge in [0.15, 0.2) is 0 Å². The van der Waals surface area contributed by atoms with Crippen molar-refractivity contribution in [1.29, 1.82) is 0 Å². The van der Waals surface area contributed by atoms with Crippen LogP contribution in [0.1, 0.15) is 17.1 Å². The summed E-state index contributed by atoms with van der Waals surface area (Å²) in [6.07, 6.45) is 2.59. The molecule has 20 heavy (non-hydrogen) atoms. The van der Waals surface area contributed by atoms with Gasteiger partial charge in [0.1, 0.15) is 5.82 Å². The van der Waals surface area contributed by atoms with Gasteiger partial charge in [-0.1, -0.05) is 6.07 Å². The van der Waals surface area contributed by atoms with Crippen LogP contribution >= 0.6 is 11.6 Å². The number of fused-ring (bicyclic) bond motifs is 1. The van der Waals surface area contributed by atoms with Gasteiger partial charge >= 0.3 is 0 Å². The lowest BCUT2D eigenvalue weighted by atomic mass is 10.2. The summed E-state index contributed by atoms with van der Waals surface area (Å²) < 4.78 is 4.13. The molecule has 0 saturated carbocycles. The molecule has 0 aliphatic carbocycles. The van der Waals surface area contributed by atoms with Crippen molar-refractivity contribution in [3.05, 3.63) is 47.5 Å². The first-order valence-electron chi connectivity index (χ1n) is 6.67.